The molecule has 3 N–H and O–H groups in total. The number of pyridine rings is 1. The number of aromatic nitrogens is 1. The molecule has 20 heavy (non-hydrogen) atoms. The van der Waals surface area contributed by atoms with E-state index in [1.165, 1.54) is 6.07 Å². The molecule has 0 saturated heterocycles. The maximum absolute atomic E-state index is 11.0. The molecule has 2 rings (SSSR count). The number of hydrogen-bond acceptors (Lipinski definition) is 6. The Labute approximate surface area is 117 Å². The molecule has 0 spiro atoms. The molecule has 1 aliphatic rings. The van der Waals surface area contributed by atoms with E-state index < -0.39 is 4.92 Å². The molecule has 0 unspecified atom stereocenters. The number of anilines is 2. The van der Waals surface area contributed by atoms with E-state index >= 15 is 0 Å². The molecule has 7 nitrogen and oxygen atoms in total. The standard InChI is InChI=1S/C13H20N4O3/c1-2-7-14-11-4-3-10(17(19)20)12(16-11)15-8-13(9-18)5-6-13/h3-4,18H,2,5-9H2,1H3,(H2,14,15,16). The Kier molecular flexibility index (Phi) is 4.39. The molecule has 0 radical (unpaired) electrons. The van der Waals surface area contributed by atoms with Gasteiger partial charge in [0.05, 0.1) is 11.5 Å². The number of rotatable bonds is 8. The molecule has 7 heteroatoms. The van der Waals surface area contributed by atoms with Gasteiger partial charge in [0.1, 0.15) is 5.82 Å². The number of nitro groups is 1. The summed E-state index contributed by atoms with van der Waals surface area (Å²) in [6, 6.07) is 3.06. The van der Waals surface area contributed by atoms with Crippen molar-refractivity contribution in [2.45, 2.75) is 26.2 Å². The van der Waals surface area contributed by atoms with Crippen LogP contribution in [0.1, 0.15) is 26.2 Å². The highest BCUT2D eigenvalue weighted by Gasteiger charge is 2.42. The first kappa shape index (κ1) is 14.5. The molecule has 0 aliphatic heterocycles. The lowest BCUT2D eigenvalue weighted by atomic mass is 10.1. The highest BCUT2D eigenvalue weighted by atomic mass is 16.6. The third-order valence-electron chi connectivity index (χ3n) is 3.55. The zero-order chi connectivity index (χ0) is 14.6. The van der Waals surface area contributed by atoms with Crippen LogP contribution in [0.2, 0.25) is 0 Å². The maximum Gasteiger partial charge on any atom is 0.311 e. The van der Waals surface area contributed by atoms with Crippen LogP contribution in [0.5, 0.6) is 0 Å². The normalized spacial score (nSPS) is 15.7. The first-order chi connectivity index (χ1) is 9.60. The molecule has 1 aromatic heterocycles. The van der Waals surface area contributed by atoms with Crippen LogP contribution in [-0.4, -0.2) is 34.7 Å². The van der Waals surface area contributed by atoms with Gasteiger partial charge in [-0.1, -0.05) is 6.92 Å². The molecule has 110 valence electrons. The van der Waals surface area contributed by atoms with Gasteiger partial charge in [-0.15, -0.1) is 0 Å². The Morgan fingerprint density at radius 1 is 1.45 bits per heavy atom. The predicted octanol–water partition coefficient (Wildman–Crippen LogP) is 2.00. The minimum Gasteiger partial charge on any atom is -0.396 e. The van der Waals surface area contributed by atoms with Crippen molar-refractivity contribution in [1.29, 1.82) is 0 Å². The van der Waals surface area contributed by atoms with Gasteiger partial charge in [0, 0.05) is 24.6 Å². The average Bonchev–Trinajstić information content (AvgIpc) is 3.23. The van der Waals surface area contributed by atoms with Crippen molar-refractivity contribution in [1.82, 2.24) is 4.98 Å². The largest absolute Gasteiger partial charge is 0.396 e. The van der Waals surface area contributed by atoms with Crippen LogP contribution in [0.3, 0.4) is 0 Å². The van der Waals surface area contributed by atoms with E-state index in [1.54, 1.807) is 6.07 Å². The fourth-order valence-corrected chi connectivity index (χ4v) is 1.92. The monoisotopic (exact) mass is 280 g/mol. The first-order valence-corrected chi connectivity index (χ1v) is 6.84. The second kappa shape index (κ2) is 6.04. The molecule has 0 aromatic carbocycles. The molecular weight excluding hydrogens is 260 g/mol. The van der Waals surface area contributed by atoms with Crippen molar-refractivity contribution in [3.63, 3.8) is 0 Å². The van der Waals surface area contributed by atoms with Gasteiger partial charge in [0.2, 0.25) is 5.82 Å². The van der Waals surface area contributed by atoms with Crippen molar-refractivity contribution < 1.29 is 10.0 Å². The van der Waals surface area contributed by atoms with Crippen LogP contribution in [-0.2, 0) is 0 Å². The van der Waals surface area contributed by atoms with E-state index in [4.69, 9.17) is 0 Å². The predicted molar refractivity (Wildman–Crippen MR) is 76.9 cm³/mol. The van der Waals surface area contributed by atoms with Gasteiger partial charge in [0.15, 0.2) is 0 Å². The van der Waals surface area contributed by atoms with Gasteiger partial charge >= 0.3 is 5.69 Å². The minimum atomic E-state index is -0.447. The fourth-order valence-electron chi connectivity index (χ4n) is 1.92. The van der Waals surface area contributed by atoms with Gasteiger partial charge in [0.25, 0.3) is 0 Å². The Balaban J connectivity index is 2.11. The number of aliphatic hydroxyl groups excluding tert-OH is 1. The van der Waals surface area contributed by atoms with Gasteiger partial charge in [-0.3, -0.25) is 10.1 Å². The number of hydrogen-bond donors (Lipinski definition) is 3. The maximum atomic E-state index is 11.0. The van der Waals surface area contributed by atoms with E-state index in [2.05, 4.69) is 15.6 Å². The summed E-state index contributed by atoms with van der Waals surface area (Å²) in [6.07, 6.45) is 2.84. The summed E-state index contributed by atoms with van der Waals surface area (Å²) in [4.78, 5) is 14.8. The number of aliphatic hydroxyl groups is 1. The van der Waals surface area contributed by atoms with Crippen LogP contribution in [0.25, 0.3) is 0 Å². The molecule has 1 aliphatic carbocycles. The second-order valence-corrected chi connectivity index (χ2v) is 5.26. The third-order valence-corrected chi connectivity index (χ3v) is 3.55. The summed E-state index contributed by atoms with van der Waals surface area (Å²) in [5.41, 5.74) is -0.164. The van der Waals surface area contributed by atoms with Gasteiger partial charge in [-0.05, 0) is 25.3 Å². The molecular formula is C13H20N4O3. The van der Waals surface area contributed by atoms with Crippen LogP contribution >= 0.6 is 0 Å². The van der Waals surface area contributed by atoms with Crippen molar-refractivity contribution in [3.05, 3.63) is 22.2 Å². The molecule has 0 amide bonds. The average molecular weight is 280 g/mol. The Hall–Kier alpha value is -1.89. The molecule has 1 fully saturated rings. The van der Waals surface area contributed by atoms with E-state index in [0.717, 1.165) is 25.8 Å². The molecule has 0 bridgehead atoms. The highest BCUT2D eigenvalue weighted by Crippen LogP contribution is 2.45. The van der Waals surface area contributed by atoms with Gasteiger partial charge < -0.3 is 15.7 Å². The van der Waals surface area contributed by atoms with Crippen LogP contribution in [0.15, 0.2) is 12.1 Å². The Morgan fingerprint density at radius 3 is 2.75 bits per heavy atom. The molecule has 0 atom stereocenters. The third kappa shape index (κ3) is 3.36. The summed E-state index contributed by atoms with van der Waals surface area (Å²) in [5.74, 6) is 0.879. The summed E-state index contributed by atoms with van der Waals surface area (Å²) >= 11 is 0. The quantitative estimate of drug-likeness (QED) is 0.497. The minimum absolute atomic E-state index is 0.0409. The van der Waals surface area contributed by atoms with Gasteiger partial charge in [-0.2, -0.15) is 0 Å². The Bertz CT molecular complexity index is 489. The molecule has 1 aromatic rings. The number of nitrogens with zero attached hydrogens (tertiary/aromatic N) is 2. The summed E-state index contributed by atoms with van der Waals surface area (Å²) in [5, 5.41) is 26.4. The SMILES string of the molecule is CCCNc1ccc([N+](=O)[O-])c(NCC2(CO)CC2)n1. The lowest BCUT2D eigenvalue weighted by Crippen LogP contribution is -2.20. The molecule has 1 saturated carbocycles. The first-order valence-electron chi connectivity index (χ1n) is 6.84. The van der Waals surface area contributed by atoms with Crippen molar-refractivity contribution in [2.75, 3.05) is 30.3 Å². The van der Waals surface area contributed by atoms with Crippen LogP contribution in [0, 0.1) is 15.5 Å². The van der Waals surface area contributed by atoms with Crippen LogP contribution in [0.4, 0.5) is 17.3 Å². The van der Waals surface area contributed by atoms with Crippen molar-refractivity contribution in [3.8, 4) is 0 Å². The smallest absolute Gasteiger partial charge is 0.311 e. The second-order valence-electron chi connectivity index (χ2n) is 5.26. The molecule has 1 heterocycles. The van der Waals surface area contributed by atoms with E-state index in [1.807, 2.05) is 6.92 Å². The van der Waals surface area contributed by atoms with Crippen LogP contribution < -0.4 is 10.6 Å². The Morgan fingerprint density at radius 2 is 2.20 bits per heavy atom. The van der Waals surface area contributed by atoms with E-state index in [0.29, 0.717) is 12.4 Å². The lowest BCUT2D eigenvalue weighted by molar-refractivity contribution is -0.384. The highest BCUT2D eigenvalue weighted by molar-refractivity contribution is 5.60. The summed E-state index contributed by atoms with van der Waals surface area (Å²) < 4.78 is 0. The van der Waals surface area contributed by atoms with E-state index in [-0.39, 0.29) is 23.5 Å². The zero-order valence-electron chi connectivity index (χ0n) is 11.6. The lowest BCUT2D eigenvalue weighted by Gasteiger charge is -2.14. The fraction of sp³-hybridized carbons (Fsp3) is 0.615. The van der Waals surface area contributed by atoms with Crippen molar-refractivity contribution >= 4 is 17.3 Å². The summed E-state index contributed by atoms with van der Waals surface area (Å²) in [6.45, 7) is 3.41. The zero-order valence-corrected chi connectivity index (χ0v) is 11.6. The number of nitrogens with one attached hydrogen (secondary N) is 2. The summed E-state index contributed by atoms with van der Waals surface area (Å²) in [7, 11) is 0. The van der Waals surface area contributed by atoms with Gasteiger partial charge in [-0.25, -0.2) is 4.98 Å². The van der Waals surface area contributed by atoms with E-state index in [9.17, 15) is 15.2 Å². The van der Waals surface area contributed by atoms with Crippen molar-refractivity contribution in [2.24, 2.45) is 5.41 Å². The topological polar surface area (TPSA) is 100 Å².